The molecule has 2 fully saturated rings. The van der Waals surface area contributed by atoms with Crippen molar-refractivity contribution in [2.24, 2.45) is 0 Å². The van der Waals surface area contributed by atoms with Gasteiger partial charge in [-0.25, -0.2) is 0 Å². The van der Waals surface area contributed by atoms with Gasteiger partial charge in [0.1, 0.15) is 57.2 Å². The van der Waals surface area contributed by atoms with Gasteiger partial charge in [0.15, 0.2) is 10.9 Å². The number of rotatable bonds is 3. The van der Waals surface area contributed by atoms with Gasteiger partial charge >= 0.3 is 0 Å². The van der Waals surface area contributed by atoms with Crippen LogP contribution in [0.25, 0.3) is 33.1 Å². The highest BCUT2D eigenvalue weighted by Gasteiger charge is 2.26. The molecule has 6 rings (SSSR count). The molecule has 2 aromatic carbocycles. The van der Waals surface area contributed by atoms with Crippen LogP contribution in [0.1, 0.15) is 49.4 Å². The van der Waals surface area contributed by atoms with E-state index in [1.54, 1.807) is 12.1 Å². The van der Waals surface area contributed by atoms with Crippen molar-refractivity contribution in [1.29, 1.82) is 0 Å². The zero-order valence-electron chi connectivity index (χ0n) is 18.2. The minimum atomic E-state index is -0.393. The average molecular weight is 462 g/mol. The highest BCUT2D eigenvalue weighted by atomic mass is 16.5. The third kappa shape index (κ3) is 3.29. The van der Waals surface area contributed by atoms with Crippen LogP contribution in [0.15, 0.2) is 54.8 Å². The predicted molar refractivity (Wildman–Crippen MR) is 123 cm³/mol. The third-order valence-corrected chi connectivity index (χ3v) is 6.53. The summed E-state index contributed by atoms with van der Waals surface area (Å²) in [5.41, 5.74) is 0.432. The fourth-order valence-electron chi connectivity index (χ4n) is 4.88. The molecule has 174 valence electrons. The number of benzene rings is 2. The van der Waals surface area contributed by atoms with Gasteiger partial charge in [0.25, 0.3) is 0 Å². The van der Waals surface area contributed by atoms with Crippen molar-refractivity contribution < 1.29 is 28.5 Å². The van der Waals surface area contributed by atoms with E-state index in [1.807, 2.05) is 0 Å². The van der Waals surface area contributed by atoms with Crippen molar-refractivity contribution in [2.75, 3.05) is 13.2 Å². The maximum atomic E-state index is 13.0. The fourth-order valence-corrected chi connectivity index (χ4v) is 4.88. The van der Waals surface area contributed by atoms with E-state index in [9.17, 15) is 19.8 Å². The highest BCUT2D eigenvalue weighted by Crippen LogP contribution is 2.41. The van der Waals surface area contributed by atoms with Crippen LogP contribution in [-0.2, 0) is 9.47 Å². The Labute approximate surface area is 193 Å². The number of ether oxygens (including phenoxy) is 2. The molecule has 2 aromatic heterocycles. The van der Waals surface area contributed by atoms with Crippen LogP contribution in [0.3, 0.4) is 0 Å². The van der Waals surface area contributed by atoms with Crippen molar-refractivity contribution in [3.63, 3.8) is 0 Å². The lowest BCUT2D eigenvalue weighted by Gasteiger charge is -2.15. The summed E-state index contributed by atoms with van der Waals surface area (Å²) in [7, 11) is 0. The second kappa shape index (κ2) is 8.00. The van der Waals surface area contributed by atoms with Gasteiger partial charge in [-0.3, -0.25) is 9.59 Å². The molecule has 2 unspecified atom stereocenters. The van der Waals surface area contributed by atoms with Crippen LogP contribution in [0.4, 0.5) is 0 Å². The van der Waals surface area contributed by atoms with Gasteiger partial charge < -0.3 is 28.5 Å². The number of aromatic hydroxyl groups is 2. The van der Waals surface area contributed by atoms with E-state index in [2.05, 4.69) is 0 Å². The predicted octanol–water partition coefficient (Wildman–Crippen LogP) is 4.68. The zero-order chi connectivity index (χ0) is 23.4. The maximum Gasteiger partial charge on any atom is 0.196 e. The lowest BCUT2D eigenvalue weighted by atomic mass is 9.98. The van der Waals surface area contributed by atoms with Crippen LogP contribution < -0.4 is 10.9 Å². The summed E-state index contributed by atoms with van der Waals surface area (Å²) in [5.74, 6) is 0.338. The zero-order valence-corrected chi connectivity index (χ0v) is 18.2. The van der Waals surface area contributed by atoms with Crippen LogP contribution in [0.5, 0.6) is 11.5 Å². The second-order valence-corrected chi connectivity index (χ2v) is 8.70. The Kier molecular flexibility index (Phi) is 4.93. The lowest BCUT2D eigenvalue weighted by Crippen LogP contribution is -2.08. The topological polar surface area (TPSA) is 119 Å². The van der Waals surface area contributed by atoms with Gasteiger partial charge in [-0.1, -0.05) is 0 Å². The molecule has 2 atom stereocenters. The summed E-state index contributed by atoms with van der Waals surface area (Å²) in [5, 5.41) is 20.9. The SMILES string of the molecule is O=c1cc(C2CCCO2)oc2c(-c3ccc(O)c4c(=O)cc(C5CCCO5)oc34)ccc(O)c12. The Morgan fingerprint density at radius 3 is 1.50 bits per heavy atom. The van der Waals surface area contributed by atoms with E-state index in [1.165, 1.54) is 24.3 Å². The van der Waals surface area contributed by atoms with Crippen molar-refractivity contribution in [3.8, 4) is 22.6 Å². The molecule has 0 radical (unpaired) electrons. The molecular formula is C26H22O8. The van der Waals surface area contributed by atoms with E-state index in [0.29, 0.717) is 35.9 Å². The normalized spacial score (nSPS) is 20.5. The number of hydrogen-bond donors (Lipinski definition) is 2. The third-order valence-electron chi connectivity index (χ3n) is 6.53. The van der Waals surface area contributed by atoms with Gasteiger partial charge in [0.05, 0.1) is 0 Å². The highest BCUT2D eigenvalue weighted by molar-refractivity contribution is 6.03. The Morgan fingerprint density at radius 2 is 1.12 bits per heavy atom. The van der Waals surface area contributed by atoms with Crippen molar-refractivity contribution >= 4 is 21.9 Å². The Morgan fingerprint density at radius 1 is 0.676 bits per heavy atom. The Hall–Kier alpha value is -3.62. The van der Waals surface area contributed by atoms with Crippen molar-refractivity contribution in [3.05, 3.63) is 68.4 Å². The Balaban J connectivity index is 1.65. The van der Waals surface area contributed by atoms with Crippen molar-refractivity contribution in [1.82, 2.24) is 0 Å². The summed E-state index contributed by atoms with van der Waals surface area (Å²) in [4.78, 5) is 25.9. The number of fused-ring (bicyclic) bond motifs is 2. The molecule has 2 N–H and O–H groups in total. The van der Waals surface area contributed by atoms with Crippen LogP contribution in [0, 0.1) is 0 Å². The summed E-state index contributed by atoms with van der Waals surface area (Å²) in [6.45, 7) is 1.16. The fraction of sp³-hybridized carbons (Fsp3) is 0.308. The smallest absolute Gasteiger partial charge is 0.196 e. The molecule has 2 aliphatic rings. The number of hydrogen-bond acceptors (Lipinski definition) is 8. The largest absolute Gasteiger partial charge is 0.507 e. The van der Waals surface area contributed by atoms with Crippen LogP contribution in [0.2, 0.25) is 0 Å². The molecule has 4 aromatic rings. The quantitative estimate of drug-likeness (QED) is 0.450. The van der Waals surface area contributed by atoms with E-state index < -0.39 is 10.9 Å². The lowest BCUT2D eigenvalue weighted by molar-refractivity contribution is 0.0938. The molecule has 8 nitrogen and oxygen atoms in total. The van der Waals surface area contributed by atoms with E-state index in [0.717, 1.165) is 25.7 Å². The molecule has 0 aliphatic carbocycles. The summed E-state index contributed by atoms with van der Waals surface area (Å²) in [6.07, 6.45) is 2.49. The number of phenolic OH excluding ortho intramolecular Hbond substituents is 2. The molecule has 0 spiro atoms. The van der Waals surface area contributed by atoms with Gasteiger partial charge in [0.2, 0.25) is 0 Å². The molecule has 0 saturated carbocycles. The van der Waals surface area contributed by atoms with E-state index >= 15 is 0 Å². The molecule has 34 heavy (non-hydrogen) atoms. The van der Waals surface area contributed by atoms with E-state index in [-0.39, 0.29) is 45.6 Å². The molecule has 2 aliphatic heterocycles. The first-order valence-electron chi connectivity index (χ1n) is 11.3. The van der Waals surface area contributed by atoms with E-state index in [4.69, 9.17) is 18.3 Å². The molecule has 0 bridgehead atoms. The summed E-state index contributed by atoms with van der Waals surface area (Å²) < 4.78 is 23.7. The minimum Gasteiger partial charge on any atom is -0.507 e. The van der Waals surface area contributed by atoms with Gasteiger partial charge in [-0.15, -0.1) is 0 Å². The second-order valence-electron chi connectivity index (χ2n) is 8.70. The first-order chi connectivity index (χ1) is 16.5. The molecule has 8 heteroatoms. The standard InChI is InChI=1S/C26H22O8/c27-15-7-5-13(25-23(15)17(29)11-21(33-25)19-3-1-9-31-19)14-6-8-16(28)24-18(30)12-22(34-26(14)24)20-4-2-10-32-20/h5-8,11-12,19-20,27-28H,1-4,9-10H2. The van der Waals surface area contributed by atoms with Crippen LogP contribution >= 0.6 is 0 Å². The van der Waals surface area contributed by atoms with Gasteiger partial charge in [0, 0.05) is 36.5 Å². The molecule has 2 saturated heterocycles. The molecule has 4 heterocycles. The first kappa shape index (κ1) is 20.9. The van der Waals surface area contributed by atoms with Gasteiger partial charge in [-0.05, 0) is 49.9 Å². The Bertz CT molecular complexity index is 1420. The molecule has 0 amide bonds. The van der Waals surface area contributed by atoms with Crippen molar-refractivity contribution in [2.45, 2.75) is 37.9 Å². The summed E-state index contributed by atoms with van der Waals surface area (Å²) >= 11 is 0. The minimum absolute atomic E-state index is 0.0260. The summed E-state index contributed by atoms with van der Waals surface area (Å²) in [6, 6.07) is 8.72. The maximum absolute atomic E-state index is 13.0. The monoisotopic (exact) mass is 462 g/mol. The van der Waals surface area contributed by atoms with Gasteiger partial charge in [-0.2, -0.15) is 0 Å². The molecular weight excluding hydrogens is 440 g/mol. The first-order valence-corrected chi connectivity index (χ1v) is 11.3. The van der Waals surface area contributed by atoms with Crippen LogP contribution in [-0.4, -0.2) is 23.4 Å². The average Bonchev–Trinajstić information content (AvgIpc) is 3.54. The number of phenols is 2.